The van der Waals surface area contributed by atoms with E-state index >= 15 is 0 Å². The van der Waals surface area contributed by atoms with Gasteiger partial charge in [-0.15, -0.1) is 0 Å². The molecule has 0 spiro atoms. The van der Waals surface area contributed by atoms with Gasteiger partial charge in [-0.05, 0) is 39.7 Å². The molecular weight excluding hydrogens is 316 g/mol. The number of para-hydroxylation sites is 1. The van der Waals surface area contributed by atoms with Crippen molar-refractivity contribution in [2.75, 3.05) is 0 Å². The van der Waals surface area contributed by atoms with Crippen LogP contribution in [0.4, 0.5) is 0 Å². The van der Waals surface area contributed by atoms with Crippen molar-refractivity contribution < 1.29 is 4.42 Å². The maximum Gasteiger partial charge on any atom is 0.207 e. The first kappa shape index (κ1) is 12.9. The Morgan fingerprint density at radius 2 is 1.60 bits per heavy atom. The molecule has 0 aliphatic heterocycles. The summed E-state index contributed by atoms with van der Waals surface area (Å²) in [5, 5.41) is 0.580. The van der Waals surface area contributed by atoms with Crippen molar-refractivity contribution in [1.82, 2.24) is 0 Å². The van der Waals surface area contributed by atoms with Crippen molar-refractivity contribution >= 4 is 39.1 Å². The van der Waals surface area contributed by atoms with Crippen LogP contribution in [0.25, 0.3) is 23.1 Å². The van der Waals surface area contributed by atoms with Crippen molar-refractivity contribution in [1.29, 1.82) is 0 Å². The molecule has 0 aliphatic rings. The van der Waals surface area contributed by atoms with E-state index in [-0.39, 0.29) is 5.43 Å². The molecule has 0 saturated heterocycles. The van der Waals surface area contributed by atoms with Crippen LogP contribution in [0.3, 0.4) is 0 Å². The second-order valence-electron chi connectivity index (χ2n) is 4.35. The second kappa shape index (κ2) is 5.47. The molecule has 0 N–H and O–H groups in total. The van der Waals surface area contributed by atoms with Crippen LogP contribution in [-0.2, 0) is 0 Å². The maximum atomic E-state index is 12.2. The first-order valence-corrected chi connectivity index (χ1v) is 6.99. The lowest BCUT2D eigenvalue weighted by atomic mass is 10.2. The molecule has 98 valence electrons. The Labute approximate surface area is 124 Å². The summed E-state index contributed by atoms with van der Waals surface area (Å²) in [6.07, 6.45) is 3.71. The van der Waals surface area contributed by atoms with E-state index in [4.69, 9.17) is 4.42 Å². The zero-order valence-electron chi connectivity index (χ0n) is 10.5. The molecule has 0 amide bonds. The minimum Gasteiger partial charge on any atom is -0.455 e. The van der Waals surface area contributed by atoms with Crippen molar-refractivity contribution in [3.63, 3.8) is 0 Å². The van der Waals surface area contributed by atoms with Gasteiger partial charge >= 0.3 is 0 Å². The summed E-state index contributed by atoms with van der Waals surface area (Å²) in [6.45, 7) is 0. The third-order valence-electron chi connectivity index (χ3n) is 2.99. The molecule has 0 aliphatic carbocycles. The lowest BCUT2D eigenvalue weighted by Gasteiger charge is -2.01. The third kappa shape index (κ3) is 2.45. The number of fused-ring (bicyclic) bond motifs is 1. The van der Waals surface area contributed by atoms with Crippen LogP contribution in [0.15, 0.2) is 68.3 Å². The maximum absolute atomic E-state index is 12.2. The molecule has 2 nitrogen and oxygen atoms in total. The van der Waals surface area contributed by atoms with Crippen LogP contribution in [0.2, 0.25) is 0 Å². The third-order valence-corrected chi connectivity index (χ3v) is 3.74. The Balaban J connectivity index is 2.11. The predicted molar refractivity (Wildman–Crippen MR) is 85.6 cm³/mol. The average Bonchev–Trinajstić information content (AvgIpc) is 2.50. The molecule has 2 aromatic carbocycles. The highest BCUT2D eigenvalue weighted by Gasteiger charge is 2.09. The molecule has 1 aromatic heterocycles. The summed E-state index contributed by atoms with van der Waals surface area (Å²) >= 11 is 3.32. The number of benzene rings is 2. The first-order valence-electron chi connectivity index (χ1n) is 6.20. The summed E-state index contributed by atoms with van der Waals surface area (Å²) in [5.41, 5.74) is 1.59. The van der Waals surface area contributed by atoms with E-state index in [0.29, 0.717) is 21.2 Å². The molecule has 0 atom stereocenters. The van der Waals surface area contributed by atoms with Crippen molar-refractivity contribution in [3.05, 3.63) is 80.6 Å². The molecule has 0 unspecified atom stereocenters. The lowest BCUT2D eigenvalue weighted by Crippen LogP contribution is -2.03. The van der Waals surface area contributed by atoms with Crippen molar-refractivity contribution in [2.45, 2.75) is 0 Å². The van der Waals surface area contributed by atoms with E-state index in [1.54, 1.807) is 18.2 Å². The Morgan fingerprint density at radius 3 is 2.40 bits per heavy atom. The van der Waals surface area contributed by atoms with Gasteiger partial charge in [-0.1, -0.05) is 48.5 Å². The van der Waals surface area contributed by atoms with E-state index in [2.05, 4.69) is 15.9 Å². The highest BCUT2D eigenvalue weighted by molar-refractivity contribution is 9.10. The van der Waals surface area contributed by atoms with Gasteiger partial charge in [-0.3, -0.25) is 4.79 Å². The highest BCUT2D eigenvalue weighted by Crippen LogP contribution is 2.21. The van der Waals surface area contributed by atoms with Gasteiger partial charge in [-0.25, -0.2) is 0 Å². The molecule has 20 heavy (non-hydrogen) atoms. The molecule has 3 aromatic rings. The summed E-state index contributed by atoms with van der Waals surface area (Å²) in [6, 6.07) is 17.1. The number of hydrogen-bond acceptors (Lipinski definition) is 2. The van der Waals surface area contributed by atoms with Crippen LogP contribution in [-0.4, -0.2) is 0 Å². The van der Waals surface area contributed by atoms with E-state index in [0.717, 1.165) is 5.56 Å². The largest absolute Gasteiger partial charge is 0.455 e. The topological polar surface area (TPSA) is 30.2 Å². The fraction of sp³-hybridized carbons (Fsp3) is 0. The fourth-order valence-corrected chi connectivity index (χ4v) is 2.41. The van der Waals surface area contributed by atoms with E-state index in [1.807, 2.05) is 48.5 Å². The van der Waals surface area contributed by atoms with Gasteiger partial charge in [0, 0.05) is 0 Å². The Bertz CT molecular complexity index is 832. The molecule has 0 fully saturated rings. The predicted octanol–water partition coefficient (Wildman–Crippen LogP) is 4.73. The van der Waals surface area contributed by atoms with Crippen molar-refractivity contribution in [2.24, 2.45) is 0 Å². The quantitative estimate of drug-likeness (QED) is 0.681. The normalized spacial score (nSPS) is 11.2. The Morgan fingerprint density at radius 1 is 0.900 bits per heavy atom. The van der Waals surface area contributed by atoms with Gasteiger partial charge in [0.25, 0.3) is 0 Å². The van der Waals surface area contributed by atoms with Crippen LogP contribution >= 0.6 is 15.9 Å². The summed E-state index contributed by atoms with van der Waals surface area (Å²) in [7, 11) is 0. The Hall–Kier alpha value is -2.13. The first-order chi connectivity index (χ1) is 9.75. The zero-order chi connectivity index (χ0) is 13.9. The van der Waals surface area contributed by atoms with Gasteiger partial charge in [-0.2, -0.15) is 0 Å². The van der Waals surface area contributed by atoms with Gasteiger partial charge < -0.3 is 4.42 Å². The van der Waals surface area contributed by atoms with Gasteiger partial charge in [0.05, 0.1) is 5.39 Å². The van der Waals surface area contributed by atoms with Crippen molar-refractivity contribution in [3.8, 4) is 0 Å². The van der Waals surface area contributed by atoms with Crippen LogP contribution in [0, 0.1) is 0 Å². The minimum absolute atomic E-state index is 0.0560. The molecular formula is C17H11BrO2. The lowest BCUT2D eigenvalue weighted by molar-refractivity contribution is 0.587. The molecule has 1 heterocycles. The minimum atomic E-state index is -0.0560. The van der Waals surface area contributed by atoms with Gasteiger partial charge in [0.1, 0.15) is 15.8 Å². The number of halogens is 1. The van der Waals surface area contributed by atoms with Crippen LogP contribution < -0.4 is 5.43 Å². The molecule has 3 rings (SSSR count). The fourth-order valence-electron chi connectivity index (χ4n) is 1.98. The smallest absolute Gasteiger partial charge is 0.207 e. The Kier molecular flexibility index (Phi) is 3.52. The highest BCUT2D eigenvalue weighted by atomic mass is 79.9. The van der Waals surface area contributed by atoms with E-state index in [1.165, 1.54) is 0 Å². The zero-order valence-corrected chi connectivity index (χ0v) is 12.1. The summed E-state index contributed by atoms with van der Waals surface area (Å²) < 4.78 is 6.21. The van der Waals surface area contributed by atoms with Gasteiger partial charge in [0.15, 0.2) is 0 Å². The average molecular weight is 327 g/mol. The number of hydrogen-bond donors (Lipinski definition) is 0. The second-order valence-corrected chi connectivity index (χ2v) is 5.14. The number of rotatable bonds is 2. The summed E-state index contributed by atoms with van der Waals surface area (Å²) in [4.78, 5) is 12.2. The molecule has 0 bridgehead atoms. The molecule has 0 radical (unpaired) electrons. The SMILES string of the molecule is O=c1c(Br)c(/C=C/c2ccccc2)oc2ccccc12. The molecule has 3 heteroatoms. The van der Waals surface area contributed by atoms with Crippen LogP contribution in [0.5, 0.6) is 0 Å². The molecule has 0 saturated carbocycles. The standard InChI is InChI=1S/C17H11BrO2/c18-16-15(11-10-12-6-2-1-3-7-12)20-14-9-5-4-8-13(14)17(16)19/h1-11H/b11-10+. The van der Waals surface area contributed by atoms with Crippen LogP contribution in [0.1, 0.15) is 11.3 Å². The van der Waals surface area contributed by atoms with E-state index in [9.17, 15) is 4.79 Å². The van der Waals surface area contributed by atoms with Gasteiger partial charge in [0.2, 0.25) is 5.43 Å². The van der Waals surface area contributed by atoms with E-state index < -0.39 is 0 Å². The monoisotopic (exact) mass is 326 g/mol. The summed E-state index contributed by atoms with van der Waals surface area (Å²) in [5.74, 6) is 0.526.